The van der Waals surface area contributed by atoms with Crippen molar-refractivity contribution in [3.8, 4) is 5.69 Å². The summed E-state index contributed by atoms with van der Waals surface area (Å²) >= 11 is 6.44. The second kappa shape index (κ2) is 7.37. The van der Waals surface area contributed by atoms with Gasteiger partial charge in [-0.2, -0.15) is 9.78 Å². The molecular weight excluding hydrogens is 388 g/mol. The van der Waals surface area contributed by atoms with E-state index in [-0.39, 0.29) is 16.5 Å². The standard InChI is InChI=1S/C22H19ClN4O2/c23-20-18(14-24-27(22(20)28)16-6-2-1-3-7-16)26-12-10-15(11-13-26)21-25-17-8-4-5-9-19(17)29-21/h1-9,14-15H,10-13H2. The van der Waals surface area contributed by atoms with Crippen LogP contribution >= 0.6 is 11.6 Å². The number of benzene rings is 2. The van der Waals surface area contributed by atoms with E-state index >= 15 is 0 Å². The molecule has 2 aromatic carbocycles. The van der Waals surface area contributed by atoms with Gasteiger partial charge in [0, 0.05) is 19.0 Å². The van der Waals surface area contributed by atoms with Crippen molar-refractivity contribution in [3.05, 3.63) is 82.1 Å². The first kappa shape index (κ1) is 17.9. The summed E-state index contributed by atoms with van der Waals surface area (Å²) in [6.07, 6.45) is 3.44. The molecule has 146 valence electrons. The predicted octanol–water partition coefficient (Wildman–Crippen LogP) is 4.41. The van der Waals surface area contributed by atoms with Crippen molar-refractivity contribution in [2.75, 3.05) is 18.0 Å². The van der Waals surface area contributed by atoms with E-state index in [1.807, 2.05) is 54.6 Å². The number of rotatable bonds is 3. The second-order valence-corrected chi connectivity index (χ2v) is 7.56. The molecule has 1 saturated heterocycles. The van der Waals surface area contributed by atoms with Gasteiger partial charge in [0.05, 0.1) is 17.6 Å². The van der Waals surface area contributed by atoms with Gasteiger partial charge in [0.25, 0.3) is 5.56 Å². The summed E-state index contributed by atoms with van der Waals surface area (Å²) in [6.45, 7) is 1.53. The summed E-state index contributed by atoms with van der Waals surface area (Å²) in [4.78, 5) is 19.5. The van der Waals surface area contributed by atoms with Crippen LogP contribution in [-0.2, 0) is 0 Å². The summed E-state index contributed by atoms with van der Waals surface area (Å²) in [5.74, 6) is 1.05. The van der Waals surface area contributed by atoms with Crippen LogP contribution in [0.3, 0.4) is 0 Å². The van der Waals surface area contributed by atoms with E-state index in [0.717, 1.165) is 42.9 Å². The fourth-order valence-corrected chi connectivity index (χ4v) is 4.08. The highest BCUT2D eigenvalue weighted by Crippen LogP contribution is 2.33. The summed E-state index contributed by atoms with van der Waals surface area (Å²) in [5, 5.41) is 4.54. The summed E-state index contributed by atoms with van der Waals surface area (Å²) in [6, 6.07) is 17.1. The molecule has 2 aromatic heterocycles. The molecule has 0 bridgehead atoms. The number of fused-ring (bicyclic) bond motifs is 1. The van der Waals surface area contributed by atoms with Crippen LogP contribution in [0.25, 0.3) is 16.8 Å². The zero-order valence-electron chi connectivity index (χ0n) is 15.7. The third-order valence-electron chi connectivity index (χ3n) is 5.40. The van der Waals surface area contributed by atoms with Gasteiger partial charge in [-0.05, 0) is 37.1 Å². The van der Waals surface area contributed by atoms with E-state index in [0.29, 0.717) is 11.4 Å². The van der Waals surface area contributed by atoms with Gasteiger partial charge in [-0.3, -0.25) is 4.79 Å². The van der Waals surface area contributed by atoms with Crippen molar-refractivity contribution in [2.24, 2.45) is 0 Å². The van der Waals surface area contributed by atoms with Gasteiger partial charge in [0.15, 0.2) is 11.5 Å². The van der Waals surface area contributed by atoms with Crippen LogP contribution in [0.15, 0.2) is 70.0 Å². The van der Waals surface area contributed by atoms with Gasteiger partial charge in [0.2, 0.25) is 0 Å². The Morgan fingerprint density at radius 2 is 1.72 bits per heavy atom. The number of hydrogen-bond acceptors (Lipinski definition) is 5. The van der Waals surface area contributed by atoms with E-state index in [1.54, 1.807) is 6.20 Å². The molecule has 29 heavy (non-hydrogen) atoms. The van der Waals surface area contributed by atoms with Crippen LogP contribution in [-0.4, -0.2) is 27.9 Å². The minimum atomic E-state index is -0.309. The fraction of sp³-hybridized carbons (Fsp3) is 0.227. The topological polar surface area (TPSA) is 64.2 Å². The highest BCUT2D eigenvalue weighted by Gasteiger charge is 2.26. The molecule has 1 fully saturated rings. The molecule has 0 aliphatic carbocycles. The Balaban J connectivity index is 1.35. The third-order valence-corrected chi connectivity index (χ3v) is 5.75. The van der Waals surface area contributed by atoms with E-state index < -0.39 is 0 Å². The highest BCUT2D eigenvalue weighted by molar-refractivity contribution is 6.33. The summed E-state index contributed by atoms with van der Waals surface area (Å²) < 4.78 is 7.26. The number of nitrogens with zero attached hydrogens (tertiary/aromatic N) is 4. The number of anilines is 1. The van der Waals surface area contributed by atoms with Crippen LogP contribution in [0.5, 0.6) is 0 Å². The van der Waals surface area contributed by atoms with Crippen LogP contribution in [0.4, 0.5) is 5.69 Å². The average molecular weight is 407 g/mol. The zero-order chi connectivity index (χ0) is 19.8. The predicted molar refractivity (Wildman–Crippen MR) is 113 cm³/mol. The zero-order valence-corrected chi connectivity index (χ0v) is 16.4. The van der Waals surface area contributed by atoms with Crippen molar-refractivity contribution < 1.29 is 4.42 Å². The number of piperidine rings is 1. The molecule has 0 spiro atoms. The number of hydrogen-bond donors (Lipinski definition) is 0. The second-order valence-electron chi connectivity index (χ2n) is 7.18. The molecule has 0 unspecified atom stereocenters. The lowest BCUT2D eigenvalue weighted by Crippen LogP contribution is -2.35. The molecule has 4 aromatic rings. The Morgan fingerprint density at radius 3 is 2.48 bits per heavy atom. The SMILES string of the molecule is O=c1c(Cl)c(N2CCC(c3nc4ccccc4o3)CC2)cnn1-c1ccccc1. The monoisotopic (exact) mass is 406 g/mol. The number of para-hydroxylation sites is 3. The molecular formula is C22H19ClN4O2. The molecule has 3 heterocycles. The molecule has 0 radical (unpaired) electrons. The normalized spacial score (nSPS) is 15.1. The molecule has 1 aliphatic rings. The first-order chi connectivity index (χ1) is 14.2. The molecule has 7 heteroatoms. The van der Waals surface area contributed by atoms with Crippen molar-refractivity contribution in [3.63, 3.8) is 0 Å². The minimum Gasteiger partial charge on any atom is -0.440 e. The Kier molecular flexibility index (Phi) is 4.56. The minimum absolute atomic E-state index is 0.198. The fourth-order valence-electron chi connectivity index (χ4n) is 3.83. The molecule has 0 saturated carbocycles. The maximum Gasteiger partial charge on any atom is 0.292 e. The number of halogens is 1. The number of aromatic nitrogens is 3. The van der Waals surface area contributed by atoms with Gasteiger partial charge in [-0.15, -0.1) is 0 Å². The van der Waals surface area contributed by atoms with Gasteiger partial charge in [-0.25, -0.2) is 4.98 Å². The molecule has 0 atom stereocenters. The van der Waals surface area contributed by atoms with Crippen molar-refractivity contribution in [1.82, 2.24) is 14.8 Å². The first-order valence-electron chi connectivity index (χ1n) is 9.64. The van der Waals surface area contributed by atoms with Crippen molar-refractivity contribution in [1.29, 1.82) is 0 Å². The van der Waals surface area contributed by atoms with Crippen LogP contribution in [0, 0.1) is 0 Å². The lowest BCUT2D eigenvalue weighted by Gasteiger charge is -2.32. The first-order valence-corrected chi connectivity index (χ1v) is 10.0. The van der Waals surface area contributed by atoms with E-state index in [1.165, 1.54) is 4.68 Å². The van der Waals surface area contributed by atoms with Gasteiger partial charge < -0.3 is 9.32 Å². The molecule has 0 N–H and O–H groups in total. The third kappa shape index (κ3) is 3.29. The van der Waals surface area contributed by atoms with Gasteiger partial charge in [0.1, 0.15) is 10.5 Å². The highest BCUT2D eigenvalue weighted by atomic mass is 35.5. The largest absolute Gasteiger partial charge is 0.440 e. The molecule has 0 amide bonds. The molecule has 6 nitrogen and oxygen atoms in total. The smallest absolute Gasteiger partial charge is 0.292 e. The quantitative estimate of drug-likeness (QED) is 0.504. The summed E-state index contributed by atoms with van der Waals surface area (Å²) in [5.41, 5.74) is 2.78. The Morgan fingerprint density at radius 1 is 1.00 bits per heavy atom. The molecule has 1 aliphatic heterocycles. The van der Waals surface area contributed by atoms with Gasteiger partial charge >= 0.3 is 0 Å². The van der Waals surface area contributed by atoms with E-state index in [4.69, 9.17) is 16.0 Å². The summed E-state index contributed by atoms with van der Waals surface area (Å²) in [7, 11) is 0. The Hall–Kier alpha value is -3.12. The van der Waals surface area contributed by atoms with Gasteiger partial charge in [-0.1, -0.05) is 41.9 Å². The van der Waals surface area contributed by atoms with Crippen LogP contribution in [0.2, 0.25) is 5.02 Å². The van der Waals surface area contributed by atoms with Crippen LogP contribution < -0.4 is 10.5 Å². The lowest BCUT2D eigenvalue weighted by atomic mass is 9.96. The molecule has 5 rings (SSSR count). The Bertz CT molecular complexity index is 1180. The maximum atomic E-state index is 12.7. The number of oxazole rings is 1. The van der Waals surface area contributed by atoms with Crippen LogP contribution in [0.1, 0.15) is 24.7 Å². The van der Waals surface area contributed by atoms with E-state index in [2.05, 4.69) is 15.0 Å². The Labute approximate surface area is 172 Å². The van der Waals surface area contributed by atoms with Crippen molar-refractivity contribution >= 4 is 28.4 Å². The maximum absolute atomic E-state index is 12.7. The van der Waals surface area contributed by atoms with Crippen molar-refractivity contribution in [2.45, 2.75) is 18.8 Å². The van der Waals surface area contributed by atoms with E-state index in [9.17, 15) is 4.79 Å². The lowest BCUT2D eigenvalue weighted by molar-refractivity contribution is 0.407. The average Bonchev–Trinajstić information content (AvgIpc) is 3.21.